The third-order valence-electron chi connectivity index (χ3n) is 2.45. The number of carbonyl (C=O) groups excluding carboxylic acids is 1. The number of nitrogens with one attached hydrogen (secondary N) is 1. The quantitative estimate of drug-likeness (QED) is 0.795. The third-order valence-corrected chi connectivity index (χ3v) is 2.45. The molecular weight excluding hydrogens is 214 g/mol. The zero-order chi connectivity index (χ0) is 12.7. The largest absolute Gasteiger partial charge is 0.450 e. The van der Waals surface area contributed by atoms with Crippen LogP contribution in [0.4, 0.5) is 4.79 Å². The summed E-state index contributed by atoms with van der Waals surface area (Å²) in [6, 6.07) is 6.25. The van der Waals surface area contributed by atoms with Gasteiger partial charge in [0, 0.05) is 6.54 Å². The van der Waals surface area contributed by atoms with Crippen LogP contribution >= 0.6 is 0 Å². The molecule has 1 aromatic rings. The maximum Gasteiger partial charge on any atom is 0.407 e. The number of benzene rings is 1. The van der Waals surface area contributed by atoms with Crippen LogP contribution in [0.2, 0.25) is 0 Å². The van der Waals surface area contributed by atoms with Gasteiger partial charge in [0.25, 0.3) is 0 Å². The Morgan fingerprint density at radius 2 is 1.88 bits per heavy atom. The number of hydrogen-bond donors (Lipinski definition) is 1. The van der Waals surface area contributed by atoms with Crippen molar-refractivity contribution in [2.45, 2.75) is 40.2 Å². The first-order chi connectivity index (χ1) is 8.11. The summed E-state index contributed by atoms with van der Waals surface area (Å²) < 4.78 is 5.01. The molecule has 0 bridgehead atoms. The Kier molecular flexibility index (Phi) is 5.53. The summed E-state index contributed by atoms with van der Waals surface area (Å²) in [4.78, 5) is 11.3. The maximum atomic E-state index is 11.3. The second-order valence-corrected chi connectivity index (χ2v) is 4.34. The Hall–Kier alpha value is -1.51. The standard InChI is InChI=1S/C14H21NO2/c1-4-5-6-17-14(16)15-10-13-8-11(2)7-12(3)9-13/h7-9H,4-6,10H2,1-3H3,(H,15,16). The van der Waals surface area contributed by atoms with Crippen molar-refractivity contribution in [3.05, 3.63) is 34.9 Å². The lowest BCUT2D eigenvalue weighted by Crippen LogP contribution is -2.24. The van der Waals surface area contributed by atoms with Crippen molar-refractivity contribution < 1.29 is 9.53 Å². The Balaban J connectivity index is 2.36. The lowest BCUT2D eigenvalue weighted by Gasteiger charge is -2.08. The summed E-state index contributed by atoms with van der Waals surface area (Å²) in [7, 11) is 0. The normalized spacial score (nSPS) is 10.1. The molecule has 1 N–H and O–H groups in total. The number of unbranched alkanes of at least 4 members (excludes halogenated alkanes) is 1. The summed E-state index contributed by atoms with van der Waals surface area (Å²) in [5, 5.41) is 2.75. The molecule has 3 nitrogen and oxygen atoms in total. The fourth-order valence-corrected chi connectivity index (χ4v) is 1.71. The van der Waals surface area contributed by atoms with Gasteiger partial charge in [-0.3, -0.25) is 0 Å². The summed E-state index contributed by atoms with van der Waals surface area (Å²) in [5.41, 5.74) is 3.53. The second kappa shape index (κ2) is 6.94. The van der Waals surface area contributed by atoms with E-state index in [1.54, 1.807) is 0 Å². The molecule has 0 aliphatic rings. The van der Waals surface area contributed by atoms with Gasteiger partial charge in [0.2, 0.25) is 0 Å². The molecule has 0 unspecified atom stereocenters. The van der Waals surface area contributed by atoms with Crippen LogP contribution in [0, 0.1) is 13.8 Å². The molecule has 0 heterocycles. The molecule has 0 aromatic heterocycles. The van der Waals surface area contributed by atoms with E-state index in [4.69, 9.17) is 4.74 Å². The summed E-state index contributed by atoms with van der Waals surface area (Å²) in [6.07, 6.45) is 1.61. The fourth-order valence-electron chi connectivity index (χ4n) is 1.71. The molecule has 0 saturated heterocycles. The van der Waals surface area contributed by atoms with Gasteiger partial charge >= 0.3 is 6.09 Å². The van der Waals surface area contributed by atoms with E-state index in [-0.39, 0.29) is 6.09 Å². The molecule has 94 valence electrons. The van der Waals surface area contributed by atoms with Gasteiger partial charge in [0.15, 0.2) is 0 Å². The molecular formula is C14H21NO2. The Bertz CT molecular complexity index is 354. The van der Waals surface area contributed by atoms with Gasteiger partial charge in [0.1, 0.15) is 0 Å². The first-order valence-electron chi connectivity index (χ1n) is 6.09. The molecule has 0 fully saturated rings. The van der Waals surface area contributed by atoms with E-state index in [9.17, 15) is 4.79 Å². The van der Waals surface area contributed by atoms with E-state index in [1.807, 2.05) is 0 Å². The van der Waals surface area contributed by atoms with E-state index >= 15 is 0 Å². The average Bonchev–Trinajstić information content (AvgIpc) is 2.25. The molecule has 1 rings (SSSR count). The van der Waals surface area contributed by atoms with Crippen molar-refractivity contribution in [1.29, 1.82) is 0 Å². The molecule has 1 aromatic carbocycles. The van der Waals surface area contributed by atoms with Crippen LogP contribution < -0.4 is 5.32 Å². The molecule has 0 aliphatic carbocycles. The smallest absolute Gasteiger partial charge is 0.407 e. The van der Waals surface area contributed by atoms with Crippen molar-refractivity contribution in [2.24, 2.45) is 0 Å². The van der Waals surface area contributed by atoms with Gasteiger partial charge in [0.05, 0.1) is 6.61 Å². The number of ether oxygens (including phenoxy) is 1. The van der Waals surface area contributed by atoms with Crippen molar-refractivity contribution in [3.63, 3.8) is 0 Å². The molecule has 0 radical (unpaired) electrons. The minimum absolute atomic E-state index is 0.336. The van der Waals surface area contributed by atoms with E-state index in [0.29, 0.717) is 13.2 Å². The van der Waals surface area contributed by atoms with Gasteiger partial charge in [-0.15, -0.1) is 0 Å². The van der Waals surface area contributed by atoms with Gasteiger partial charge in [-0.2, -0.15) is 0 Å². The van der Waals surface area contributed by atoms with Crippen LogP contribution in [0.3, 0.4) is 0 Å². The molecule has 1 amide bonds. The fraction of sp³-hybridized carbons (Fsp3) is 0.500. The molecule has 0 atom stereocenters. The van der Waals surface area contributed by atoms with E-state index in [1.165, 1.54) is 11.1 Å². The Morgan fingerprint density at radius 1 is 1.24 bits per heavy atom. The zero-order valence-electron chi connectivity index (χ0n) is 10.9. The van der Waals surface area contributed by atoms with Crippen LogP contribution in [0.5, 0.6) is 0 Å². The van der Waals surface area contributed by atoms with Crippen molar-refractivity contribution in [1.82, 2.24) is 5.32 Å². The molecule has 3 heteroatoms. The van der Waals surface area contributed by atoms with E-state index in [2.05, 4.69) is 44.3 Å². The van der Waals surface area contributed by atoms with Crippen molar-refractivity contribution in [2.75, 3.05) is 6.61 Å². The van der Waals surface area contributed by atoms with Crippen LogP contribution in [0.15, 0.2) is 18.2 Å². The predicted molar refractivity (Wildman–Crippen MR) is 69.0 cm³/mol. The number of carbonyl (C=O) groups is 1. The number of aryl methyl sites for hydroxylation is 2. The first kappa shape index (κ1) is 13.6. The summed E-state index contributed by atoms with van der Waals surface area (Å²) >= 11 is 0. The topological polar surface area (TPSA) is 38.3 Å². The first-order valence-corrected chi connectivity index (χ1v) is 6.09. The van der Waals surface area contributed by atoms with Gasteiger partial charge in [-0.25, -0.2) is 4.79 Å². The van der Waals surface area contributed by atoms with E-state index in [0.717, 1.165) is 18.4 Å². The number of alkyl carbamates (subject to hydrolysis) is 1. The minimum Gasteiger partial charge on any atom is -0.450 e. The van der Waals surface area contributed by atoms with Crippen molar-refractivity contribution >= 4 is 6.09 Å². The lowest BCUT2D eigenvalue weighted by atomic mass is 10.1. The Labute approximate surface area is 103 Å². The maximum absolute atomic E-state index is 11.3. The molecule has 0 aliphatic heterocycles. The van der Waals surface area contributed by atoms with Gasteiger partial charge in [-0.1, -0.05) is 42.7 Å². The lowest BCUT2D eigenvalue weighted by molar-refractivity contribution is 0.144. The number of hydrogen-bond acceptors (Lipinski definition) is 2. The predicted octanol–water partition coefficient (Wildman–Crippen LogP) is 3.33. The molecule has 17 heavy (non-hydrogen) atoms. The summed E-state index contributed by atoms with van der Waals surface area (Å²) in [6.45, 7) is 7.19. The highest BCUT2D eigenvalue weighted by Crippen LogP contribution is 2.08. The number of amides is 1. The van der Waals surface area contributed by atoms with Gasteiger partial charge in [-0.05, 0) is 25.8 Å². The third kappa shape index (κ3) is 5.38. The van der Waals surface area contributed by atoms with E-state index < -0.39 is 0 Å². The van der Waals surface area contributed by atoms with Gasteiger partial charge < -0.3 is 10.1 Å². The highest BCUT2D eigenvalue weighted by Gasteiger charge is 2.02. The number of rotatable bonds is 5. The Morgan fingerprint density at radius 3 is 2.47 bits per heavy atom. The second-order valence-electron chi connectivity index (χ2n) is 4.34. The van der Waals surface area contributed by atoms with Crippen LogP contribution in [0.25, 0.3) is 0 Å². The highest BCUT2D eigenvalue weighted by molar-refractivity contribution is 5.67. The van der Waals surface area contributed by atoms with Crippen LogP contribution in [0.1, 0.15) is 36.5 Å². The minimum atomic E-state index is -0.336. The average molecular weight is 235 g/mol. The summed E-state index contributed by atoms with van der Waals surface area (Å²) in [5.74, 6) is 0. The van der Waals surface area contributed by atoms with Crippen molar-refractivity contribution in [3.8, 4) is 0 Å². The monoisotopic (exact) mass is 235 g/mol. The highest BCUT2D eigenvalue weighted by atomic mass is 16.5. The molecule has 0 spiro atoms. The molecule has 0 saturated carbocycles. The van der Waals surface area contributed by atoms with Crippen LogP contribution in [-0.4, -0.2) is 12.7 Å². The zero-order valence-corrected chi connectivity index (χ0v) is 10.9. The van der Waals surface area contributed by atoms with Crippen LogP contribution in [-0.2, 0) is 11.3 Å². The SMILES string of the molecule is CCCCOC(=O)NCc1cc(C)cc(C)c1.